The second-order valence-electron chi connectivity index (χ2n) is 4.89. The van der Waals surface area contributed by atoms with Crippen molar-refractivity contribution < 1.29 is 17.9 Å². The maximum absolute atomic E-state index is 12.6. The molecule has 1 aliphatic heterocycles. The summed E-state index contributed by atoms with van der Waals surface area (Å²) in [5.74, 6) is -0.623. The first kappa shape index (κ1) is 19.2. The van der Waals surface area contributed by atoms with E-state index in [4.69, 9.17) is 11.6 Å². The lowest BCUT2D eigenvalue weighted by Crippen LogP contribution is -2.51. The Bertz CT molecular complexity index is 651. The zero-order valence-electron chi connectivity index (χ0n) is 12.2. The molecular weight excluding hydrogens is 351 g/mol. The Morgan fingerprint density at radius 3 is 2.68 bits per heavy atom. The van der Waals surface area contributed by atoms with Gasteiger partial charge in [0.2, 0.25) is 10.0 Å². The lowest BCUT2D eigenvalue weighted by molar-refractivity contribution is 0.0600. The zero-order valence-corrected chi connectivity index (χ0v) is 14.6. The largest absolute Gasteiger partial charge is 0.465 e. The Balaban J connectivity index is 0.00000242. The van der Waals surface area contributed by atoms with Gasteiger partial charge in [0.15, 0.2) is 0 Å². The van der Waals surface area contributed by atoms with Crippen molar-refractivity contribution in [1.82, 2.24) is 9.62 Å². The van der Waals surface area contributed by atoms with Crippen molar-refractivity contribution in [1.29, 1.82) is 0 Å². The van der Waals surface area contributed by atoms with E-state index in [0.29, 0.717) is 19.6 Å². The van der Waals surface area contributed by atoms with E-state index in [0.717, 1.165) is 0 Å². The molecule has 6 nitrogen and oxygen atoms in total. The number of halogens is 2. The standard InChI is InChI=1S/C13H17ClN2O4S.ClH/c1-9-8-16(4-3-15-9)21(18,19)12-6-10(13(17)20-2)5-11(14)7-12;/h5-7,9,15H,3-4,8H2,1-2H3;1H. The van der Waals surface area contributed by atoms with E-state index in [1.165, 1.54) is 29.6 Å². The van der Waals surface area contributed by atoms with Crippen molar-refractivity contribution in [3.05, 3.63) is 28.8 Å². The summed E-state index contributed by atoms with van der Waals surface area (Å²) in [6, 6.07) is 4.09. The first-order valence-electron chi connectivity index (χ1n) is 6.47. The highest BCUT2D eigenvalue weighted by Gasteiger charge is 2.29. The Labute approximate surface area is 141 Å². The molecule has 124 valence electrons. The summed E-state index contributed by atoms with van der Waals surface area (Å²) in [5.41, 5.74) is 0.117. The average Bonchev–Trinajstić information content (AvgIpc) is 2.45. The van der Waals surface area contributed by atoms with Gasteiger partial charge < -0.3 is 10.1 Å². The van der Waals surface area contributed by atoms with Crippen LogP contribution in [0.3, 0.4) is 0 Å². The molecule has 1 fully saturated rings. The van der Waals surface area contributed by atoms with Crippen LogP contribution in [0.1, 0.15) is 17.3 Å². The van der Waals surface area contributed by atoms with E-state index in [1.807, 2.05) is 6.92 Å². The van der Waals surface area contributed by atoms with Crippen LogP contribution < -0.4 is 5.32 Å². The maximum atomic E-state index is 12.6. The Kier molecular flexibility index (Phi) is 6.64. The van der Waals surface area contributed by atoms with Gasteiger partial charge in [0, 0.05) is 30.7 Å². The van der Waals surface area contributed by atoms with E-state index in [2.05, 4.69) is 10.1 Å². The van der Waals surface area contributed by atoms with Crippen LogP contribution in [0.15, 0.2) is 23.1 Å². The van der Waals surface area contributed by atoms with Crippen LogP contribution in [0.2, 0.25) is 5.02 Å². The smallest absolute Gasteiger partial charge is 0.337 e. The van der Waals surface area contributed by atoms with Crippen molar-refractivity contribution in [3.8, 4) is 0 Å². The third kappa shape index (κ3) is 4.11. The third-order valence-corrected chi connectivity index (χ3v) is 5.32. The van der Waals surface area contributed by atoms with Crippen molar-refractivity contribution in [2.45, 2.75) is 17.9 Å². The normalized spacial score (nSPS) is 19.3. The highest BCUT2D eigenvalue weighted by atomic mass is 35.5. The first-order valence-corrected chi connectivity index (χ1v) is 8.29. The number of ether oxygens (including phenoxy) is 1. The number of rotatable bonds is 3. The molecule has 0 aliphatic carbocycles. The highest BCUT2D eigenvalue weighted by molar-refractivity contribution is 7.89. The number of benzene rings is 1. The molecule has 0 saturated carbocycles. The molecule has 2 rings (SSSR count). The fraction of sp³-hybridized carbons (Fsp3) is 0.462. The SMILES string of the molecule is COC(=O)c1cc(Cl)cc(S(=O)(=O)N2CCNC(C)C2)c1.Cl. The predicted octanol–water partition coefficient (Wildman–Crippen LogP) is 1.53. The molecule has 1 aromatic carbocycles. The number of nitrogens with one attached hydrogen (secondary N) is 1. The fourth-order valence-electron chi connectivity index (χ4n) is 2.21. The van der Waals surface area contributed by atoms with Gasteiger partial charge in [-0.05, 0) is 25.1 Å². The number of hydrogen-bond donors (Lipinski definition) is 1. The van der Waals surface area contributed by atoms with Crippen LogP contribution >= 0.6 is 24.0 Å². The molecule has 0 spiro atoms. The molecule has 1 saturated heterocycles. The molecule has 1 atom stereocenters. The minimum absolute atomic E-state index is 0. The van der Waals surface area contributed by atoms with Gasteiger partial charge in [-0.1, -0.05) is 11.6 Å². The average molecular weight is 369 g/mol. The van der Waals surface area contributed by atoms with Crippen LogP contribution in [0, 0.1) is 0 Å². The molecule has 22 heavy (non-hydrogen) atoms. The second kappa shape index (κ2) is 7.61. The number of esters is 1. The van der Waals surface area contributed by atoms with Crippen molar-refractivity contribution in [2.75, 3.05) is 26.7 Å². The molecule has 1 N–H and O–H groups in total. The number of sulfonamides is 1. The van der Waals surface area contributed by atoms with Gasteiger partial charge in [-0.15, -0.1) is 12.4 Å². The van der Waals surface area contributed by atoms with E-state index in [-0.39, 0.29) is 33.9 Å². The summed E-state index contributed by atoms with van der Waals surface area (Å²) in [7, 11) is -2.45. The molecule has 0 amide bonds. The molecule has 0 bridgehead atoms. The van der Waals surface area contributed by atoms with Crippen molar-refractivity contribution >= 4 is 40.0 Å². The molecule has 1 aromatic rings. The molecule has 1 unspecified atom stereocenters. The number of piperazine rings is 1. The molecule has 1 heterocycles. The lowest BCUT2D eigenvalue weighted by Gasteiger charge is -2.31. The Hall–Kier alpha value is -0.860. The summed E-state index contributed by atoms with van der Waals surface area (Å²) < 4.78 is 31.3. The van der Waals surface area contributed by atoms with Gasteiger partial charge in [-0.25, -0.2) is 13.2 Å². The number of carbonyl (C=O) groups excluding carboxylic acids is 1. The molecule has 0 radical (unpaired) electrons. The van der Waals surface area contributed by atoms with Gasteiger partial charge in [0.05, 0.1) is 17.6 Å². The van der Waals surface area contributed by atoms with Gasteiger partial charge in [-0.3, -0.25) is 0 Å². The summed E-state index contributed by atoms with van der Waals surface area (Å²) in [6.07, 6.45) is 0. The topological polar surface area (TPSA) is 75.7 Å². The lowest BCUT2D eigenvalue weighted by atomic mass is 10.2. The third-order valence-electron chi connectivity index (χ3n) is 3.26. The first-order chi connectivity index (χ1) is 9.84. The van der Waals surface area contributed by atoms with Crippen LogP contribution in [0.4, 0.5) is 0 Å². The van der Waals surface area contributed by atoms with Crippen LogP contribution in [-0.4, -0.2) is 51.5 Å². The molecular formula is C13H18Cl2N2O4S. The van der Waals surface area contributed by atoms with Gasteiger partial charge in [0.1, 0.15) is 0 Å². The number of carbonyl (C=O) groups is 1. The van der Waals surface area contributed by atoms with Crippen molar-refractivity contribution in [3.63, 3.8) is 0 Å². The molecule has 9 heteroatoms. The van der Waals surface area contributed by atoms with E-state index < -0.39 is 16.0 Å². The van der Waals surface area contributed by atoms with E-state index in [1.54, 1.807) is 0 Å². The maximum Gasteiger partial charge on any atom is 0.337 e. The van der Waals surface area contributed by atoms with E-state index in [9.17, 15) is 13.2 Å². The Morgan fingerprint density at radius 1 is 1.41 bits per heavy atom. The van der Waals surface area contributed by atoms with Crippen LogP contribution in [0.25, 0.3) is 0 Å². The summed E-state index contributed by atoms with van der Waals surface area (Å²) in [6.45, 7) is 3.26. The second-order valence-corrected chi connectivity index (χ2v) is 7.26. The summed E-state index contributed by atoms with van der Waals surface area (Å²) in [4.78, 5) is 11.6. The van der Waals surface area contributed by atoms with Crippen LogP contribution in [-0.2, 0) is 14.8 Å². The molecule has 0 aromatic heterocycles. The quantitative estimate of drug-likeness (QED) is 0.818. The highest BCUT2D eigenvalue weighted by Crippen LogP contribution is 2.23. The number of nitrogens with zero attached hydrogens (tertiary/aromatic N) is 1. The number of hydrogen-bond acceptors (Lipinski definition) is 5. The summed E-state index contributed by atoms with van der Waals surface area (Å²) >= 11 is 5.92. The van der Waals surface area contributed by atoms with E-state index >= 15 is 0 Å². The van der Waals surface area contributed by atoms with Crippen LogP contribution in [0.5, 0.6) is 0 Å². The van der Waals surface area contributed by atoms with Gasteiger partial charge >= 0.3 is 5.97 Å². The summed E-state index contributed by atoms with van der Waals surface area (Å²) in [5, 5.41) is 3.36. The number of methoxy groups -OCH3 is 1. The molecule has 1 aliphatic rings. The monoisotopic (exact) mass is 368 g/mol. The Morgan fingerprint density at radius 2 is 2.09 bits per heavy atom. The van der Waals surface area contributed by atoms with Gasteiger partial charge in [0.25, 0.3) is 0 Å². The zero-order chi connectivity index (χ0) is 15.6. The minimum Gasteiger partial charge on any atom is -0.465 e. The minimum atomic E-state index is -3.68. The van der Waals surface area contributed by atoms with Gasteiger partial charge in [-0.2, -0.15) is 4.31 Å². The predicted molar refractivity (Wildman–Crippen MR) is 86.3 cm³/mol. The fourth-order valence-corrected chi connectivity index (χ4v) is 4.11. The van der Waals surface area contributed by atoms with Crippen molar-refractivity contribution in [2.24, 2.45) is 0 Å².